The van der Waals surface area contributed by atoms with Gasteiger partial charge in [-0.05, 0) is 58.8 Å². The van der Waals surface area contributed by atoms with Gasteiger partial charge in [0.2, 0.25) is 5.95 Å². The molecule has 1 fully saturated rings. The number of nitrogens with one attached hydrogen (secondary N) is 1. The van der Waals surface area contributed by atoms with Crippen LogP contribution >= 0.6 is 0 Å². The Labute approximate surface area is 188 Å². The minimum atomic E-state index is -0.560. The molecule has 0 atom stereocenters. The Balaban J connectivity index is 1.55. The first-order valence-electron chi connectivity index (χ1n) is 11.1. The van der Waals surface area contributed by atoms with E-state index in [-0.39, 0.29) is 24.0 Å². The van der Waals surface area contributed by atoms with E-state index in [1.807, 2.05) is 6.92 Å². The van der Waals surface area contributed by atoms with Crippen molar-refractivity contribution in [1.82, 2.24) is 14.9 Å². The fraction of sp³-hybridized carbons (Fsp3) is 0.522. The molecule has 9 heteroatoms. The molecule has 4 rings (SSSR count). The SMILES string of the molecule is CCN1C(=O)N(c2cccc(OC)c2F)Cc2cnc(NC3CCC(N(C)C)CC3)nc21. The van der Waals surface area contributed by atoms with E-state index >= 15 is 0 Å². The molecule has 1 N–H and O–H groups in total. The minimum absolute atomic E-state index is 0.101. The van der Waals surface area contributed by atoms with Gasteiger partial charge >= 0.3 is 6.03 Å². The third-order valence-electron chi connectivity index (χ3n) is 6.42. The van der Waals surface area contributed by atoms with Crippen LogP contribution in [0.1, 0.15) is 38.2 Å². The molecule has 0 radical (unpaired) electrons. The number of anilines is 3. The van der Waals surface area contributed by atoms with Crippen LogP contribution in [0.25, 0.3) is 0 Å². The van der Waals surface area contributed by atoms with E-state index < -0.39 is 5.82 Å². The van der Waals surface area contributed by atoms with Crippen molar-refractivity contribution in [3.63, 3.8) is 0 Å². The van der Waals surface area contributed by atoms with E-state index in [4.69, 9.17) is 4.74 Å². The largest absolute Gasteiger partial charge is 0.494 e. The molecule has 1 aromatic carbocycles. The maximum absolute atomic E-state index is 14.9. The molecular formula is C23H31FN6O2. The van der Waals surface area contributed by atoms with Crippen molar-refractivity contribution in [2.75, 3.05) is 42.9 Å². The fourth-order valence-corrected chi connectivity index (χ4v) is 4.54. The van der Waals surface area contributed by atoms with Gasteiger partial charge in [-0.25, -0.2) is 14.2 Å². The summed E-state index contributed by atoms with van der Waals surface area (Å²) in [6, 6.07) is 5.41. The monoisotopic (exact) mass is 442 g/mol. The fourth-order valence-electron chi connectivity index (χ4n) is 4.54. The molecule has 32 heavy (non-hydrogen) atoms. The number of aromatic nitrogens is 2. The topological polar surface area (TPSA) is 73.8 Å². The van der Waals surface area contributed by atoms with Gasteiger partial charge in [-0.15, -0.1) is 0 Å². The summed E-state index contributed by atoms with van der Waals surface area (Å²) in [5.41, 5.74) is 0.953. The normalized spacial score (nSPS) is 21.0. The molecule has 2 amide bonds. The van der Waals surface area contributed by atoms with Crippen molar-refractivity contribution in [2.24, 2.45) is 0 Å². The molecule has 1 aromatic heterocycles. The predicted octanol–water partition coefficient (Wildman–Crippen LogP) is 3.88. The van der Waals surface area contributed by atoms with Crippen LogP contribution < -0.4 is 19.9 Å². The molecule has 0 bridgehead atoms. The van der Waals surface area contributed by atoms with Crippen molar-refractivity contribution >= 4 is 23.5 Å². The Bertz CT molecular complexity index is 977. The Morgan fingerprint density at radius 3 is 2.66 bits per heavy atom. The lowest BCUT2D eigenvalue weighted by molar-refractivity contribution is 0.221. The quantitative estimate of drug-likeness (QED) is 0.732. The lowest BCUT2D eigenvalue weighted by atomic mass is 9.91. The van der Waals surface area contributed by atoms with E-state index in [9.17, 15) is 9.18 Å². The molecule has 0 unspecified atom stereocenters. The molecule has 2 aliphatic rings. The summed E-state index contributed by atoms with van der Waals surface area (Å²) in [6.07, 6.45) is 6.12. The van der Waals surface area contributed by atoms with Gasteiger partial charge in [0.05, 0.1) is 19.3 Å². The number of halogens is 1. The summed E-state index contributed by atoms with van der Waals surface area (Å²) >= 11 is 0. The Morgan fingerprint density at radius 1 is 1.25 bits per heavy atom. The third-order valence-corrected chi connectivity index (χ3v) is 6.42. The van der Waals surface area contributed by atoms with Gasteiger partial charge in [-0.3, -0.25) is 9.80 Å². The van der Waals surface area contributed by atoms with Crippen LogP contribution in [-0.4, -0.2) is 60.7 Å². The Morgan fingerprint density at radius 2 is 2.00 bits per heavy atom. The van der Waals surface area contributed by atoms with Crippen LogP contribution in [0.5, 0.6) is 5.75 Å². The van der Waals surface area contributed by atoms with E-state index in [0.29, 0.717) is 30.4 Å². The van der Waals surface area contributed by atoms with Gasteiger partial charge in [0, 0.05) is 30.4 Å². The van der Waals surface area contributed by atoms with Crippen molar-refractivity contribution in [2.45, 2.75) is 51.2 Å². The van der Waals surface area contributed by atoms with Crippen molar-refractivity contribution in [3.8, 4) is 5.75 Å². The van der Waals surface area contributed by atoms with Gasteiger partial charge in [0.15, 0.2) is 11.6 Å². The van der Waals surface area contributed by atoms with E-state index in [1.165, 1.54) is 18.1 Å². The van der Waals surface area contributed by atoms with Gasteiger partial charge in [0.25, 0.3) is 0 Å². The van der Waals surface area contributed by atoms with E-state index in [2.05, 4.69) is 34.3 Å². The highest BCUT2D eigenvalue weighted by Gasteiger charge is 2.34. The van der Waals surface area contributed by atoms with E-state index in [0.717, 1.165) is 31.2 Å². The zero-order chi connectivity index (χ0) is 22.8. The lowest BCUT2D eigenvalue weighted by Crippen LogP contribution is -2.48. The second-order valence-electron chi connectivity index (χ2n) is 8.56. The van der Waals surface area contributed by atoms with Crippen LogP contribution in [0.3, 0.4) is 0 Å². The third kappa shape index (κ3) is 4.21. The number of benzene rings is 1. The maximum Gasteiger partial charge on any atom is 0.330 e. The van der Waals surface area contributed by atoms with Gasteiger partial charge in [-0.1, -0.05) is 6.07 Å². The minimum Gasteiger partial charge on any atom is -0.494 e. The zero-order valence-electron chi connectivity index (χ0n) is 19.1. The first-order chi connectivity index (χ1) is 15.4. The molecule has 1 aliphatic carbocycles. The van der Waals surface area contributed by atoms with Crippen LogP contribution in [0.2, 0.25) is 0 Å². The summed E-state index contributed by atoms with van der Waals surface area (Å²) in [5.74, 6) is 0.653. The molecule has 2 heterocycles. The number of carbonyl (C=O) groups excluding carboxylic acids is 1. The van der Waals surface area contributed by atoms with Gasteiger partial charge in [-0.2, -0.15) is 4.98 Å². The highest BCUT2D eigenvalue weighted by molar-refractivity contribution is 6.05. The number of ether oxygens (including phenoxy) is 1. The molecule has 1 saturated carbocycles. The second-order valence-corrected chi connectivity index (χ2v) is 8.56. The molecule has 8 nitrogen and oxygen atoms in total. The maximum atomic E-state index is 14.9. The predicted molar refractivity (Wildman–Crippen MR) is 123 cm³/mol. The number of carbonyl (C=O) groups is 1. The van der Waals surface area contributed by atoms with Gasteiger partial charge in [0.1, 0.15) is 5.82 Å². The van der Waals surface area contributed by atoms with E-state index in [1.54, 1.807) is 23.2 Å². The first-order valence-corrected chi connectivity index (χ1v) is 11.1. The average molecular weight is 443 g/mol. The highest BCUT2D eigenvalue weighted by Crippen LogP contribution is 2.34. The standard InChI is InChI=1S/C23H31FN6O2/c1-5-29-21-15(14-30(23(29)31)18-7-6-8-19(32-4)20(18)24)13-25-22(27-21)26-16-9-11-17(12-10-16)28(2)3/h6-8,13,16-17H,5,9-12,14H2,1-4H3,(H,25,26,27). The molecular weight excluding hydrogens is 411 g/mol. The summed E-state index contributed by atoms with van der Waals surface area (Å²) in [4.78, 5) is 27.7. The Hall–Kier alpha value is -2.94. The summed E-state index contributed by atoms with van der Waals surface area (Å²) in [5, 5.41) is 3.45. The average Bonchev–Trinajstić information content (AvgIpc) is 2.79. The zero-order valence-corrected chi connectivity index (χ0v) is 19.1. The second kappa shape index (κ2) is 9.28. The first kappa shape index (κ1) is 22.3. The van der Waals surface area contributed by atoms with Crippen molar-refractivity contribution in [3.05, 3.63) is 35.8 Å². The van der Waals surface area contributed by atoms with Crippen molar-refractivity contribution in [1.29, 1.82) is 0 Å². The molecule has 172 valence electrons. The van der Waals surface area contributed by atoms with Gasteiger partial charge < -0.3 is 15.0 Å². The molecule has 0 spiro atoms. The summed E-state index contributed by atoms with van der Waals surface area (Å²) in [6.45, 7) is 2.49. The number of nitrogens with zero attached hydrogens (tertiary/aromatic N) is 5. The number of hydrogen-bond donors (Lipinski definition) is 1. The highest BCUT2D eigenvalue weighted by atomic mass is 19.1. The van der Waals surface area contributed by atoms with Crippen LogP contribution in [0.15, 0.2) is 24.4 Å². The number of urea groups is 1. The number of methoxy groups -OCH3 is 1. The Kier molecular flexibility index (Phi) is 6.45. The smallest absolute Gasteiger partial charge is 0.330 e. The molecule has 1 aliphatic heterocycles. The number of amides is 2. The van der Waals surface area contributed by atoms with Crippen LogP contribution in [0.4, 0.5) is 26.6 Å². The summed E-state index contributed by atoms with van der Waals surface area (Å²) in [7, 11) is 5.66. The number of hydrogen-bond acceptors (Lipinski definition) is 6. The van der Waals surface area contributed by atoms with Crippen molar-refractivity contribution < 1.29 is 13.9 Å². The van der Waals surface area contributed by atoms with Crippen LogP contribution in [-0.2, 0) is 6.54 Å². The lowest BCUT2D eigenvalue weighted by Gasteiger charge is -2.36. The van der Waals surface area contributed by atoms with Crippen LogP contribution in [0, 0.1) is 5.82 Å². The number of fused-ring (bicyclic) bond motifs is 1. The number of rotatable bonds is 6. The molecule has 2 aromatic rings. The summed E-state index contributed by atoms with van der Waals surface area (Å²) < 4.78 is 19.9. The molecule has 0 saturated heterocycles.